The zero-order chi connectivity index (χ0) is 62.9. The van der Waals surface area contributed by atoms with Crippen molar-refractivity contribution in [1.29, 1.82) is 0 Å². The normalized spacial score (nSPS) is 12.0. The SMILES string of the molecule is CC.CC.CNc1ccc(C2(c3ccc(Nc4nc(C)nc(Nc5ccccc5)n4)cc3)c3ccccc3-c3ccccc32)cc1.Cc1nc(C)nc(C)n1.Nc1ccc(C2(c3ccc(N)cc3)c3ccccc3-c3ccccc32)cc1.Nc1ccccc1. The maximum atomic E-state index is 6.00. The van der Waals surface area contributed by atoms with E-state index in [0.717, 1.165) is 51.6 Å². The largest absolute Gasteiger partial charge is 0.399 e. The summed E-state index contributed by atoms with van der Waals surface area (Å²) in [5, 5.41) is 9.90. The minimum Gasteiger partial charge on any atom is -0.399 e. The van der Waals surface area contributed by atoms with Crippen LogP contribution >= 0.6 is 0 Å². The van der Waals surface area contributed by atoms with Gasteiger partial charge >= 0.3 is 0 Å². The van der Waals surface area contributed by atoms with Crippen molar-refractivity contribution in [2.24, 2.45) is 0 Å². The van der Waals surface area contributed by atoms with Gasteiger partial charge in [-0.2, -0.15) is 15.0 Å². The number of fused-ring (bicyclic) bond motifs is 6. The van der Waals surface area contributed by atoms with Gasteiger partial charge in [0.25, 0.3) is 0 Å². The third kappa shape index (κ3) is 13.5. The number of rotatable bonds is 9. The Morgan fingerprint density at radius 1 is 0.270 bits per heavy atom. The molecule has 0 unspecified atom stereocenters. The van der Waals surface area contributed by atoms with E-state index in [1.165, 1.54) is 66.8 Å². The molecule has 12 heteroatoms. The highest BCUT2D eigenvalue weighted by molar-refractivity contribution is 5.88. The fourth-order valence-corrected chi connectivity index (χ4v) is 11.8. The van der Waals surface area contributed by atoms with Gasteiger partial charge in [0.2, 0.25) is 11.9 Å². The van der Waals surface area contributed by atoms with Gasteiger partial charge in [-0.05, 0) is 167 Å². The first-order valence-corrected chi connectivity index (χ1v) is 30.2. The molecule has 9 N–H and O–H groups in total. The second-order valence-corrected chi connectivity index (χ2v) is 20.9. The lowest BCUT2D eigenvalue weighted by Crippen LogP contribution is -2.28. The molecule has 0 aliphatic heterocycles. The van der Waals surface area contributed by atoms with Crippen LogP contribution in [0.1, 0.15) is 95.5 Å². The topological polar surface area (TPSA) is 191 Å². The highest BCUT2D eigenvalue weighted by Crippen LogP contribution is 2.57. The van der Waals surface area contributed by atoms with Crippen LogP contribution in [0, 0.1) is 27.7 Å². The molecule has 0 atom stereocenters. The van der Waals surface area contributed by atoms with Gasteiger partial charge in [-0.1, -0.05) is 210 Å². The number of aromatic nitrogens is 6. The first-order chi connectivity index (χ1) is 43.4. The molecule has 12 nitrogen and oxygen atoms in total. The average molecular weight is 1170 g/mol. The number of benzene rings is 10. The van der Waals surface area contributed by atoms with Gasteiger partial charge in [-0.3, -0.25) is 0 Å². The van der Waals surface area contributed by atoms with Crippen LogP contribution in [0.15, 0.2) is 255 Å². The lowest BCUT2D eigenvalue weighted by Gasteiger charge is -2.34. The number of nitrogens with zero attached hydrogens (tertiary/aromatic N) is 6. The lowest BCUT2D eigenvalue weighted by atomic mass is 9.67. The predicted molar refractivity (Wildman–Crippen MR) is 371 cm³/mol. The van der Waals surface area contributed by atoms with Crippen molar-refractivity contribution in [2.75, 3.05) is 40.2 Å². The summed E-state index contributed by atoms with van der Waals surface area (Å²) in [5.41, 5.74) is 36.9. The number of hydrogen-bond donors (Lipinski definition) is 6. The Balaban J connectivity index is 0.000000169. The van der Waals surface area contributed by atoms with E-state index in [1.54, 1.807) is 0 Å². The number of para-hydroxylation sites is 2. The Labute approximate surface area is 524 Å². The van der Waals surface area contributed by atoms with Crippen molar-refractivity contribution in [2.45, 2.75) is 66.2 Å². The molecule has 446 valence electrons. The Morgan fingerprint density at radius 3 is 0.843 bits per heavy atom. The summed E-state index contributed by atoms with van der Waals surface area (Å²) in [6.07, 6.45) is 0. The molecule has 12 aromatic rings. The molecule has 2 heterocycles. The second-order valence-electron chi connectivity index (χ2n) is 20.9. The third-order valence-electron chi connectivity index (χ3n) is 15.3. The second kappa shape index (κ2) is 28.9. The summed E-state index contributed by atoms with van der Waals surface area (Å²) in [4.78, 5) is 25.6. The van der Waals surface area contributed by atoms with Crippen LogP contribution in [0.25, 0.3) is 22.3 Å². The summed E-state index contributed by atoms with van der Waals surface area (Å²) in [5.74, 6) is 3.99. The van der Waals surface area contributed by atoms with Gasteiger partial charge < -0.3 is 33.2 Å². The number of nitrogens with two attached hydrogens (primary N) is 3. The van der Waals surface area contributed by atoms with Crippen molar-refractivity contribution in [3.63, 3.8) is 0 Å². The molecule has 0 amide bonds. The molecular weight excluding hydrogens is 1090 g/mol. The van der Waals surface area contributed by atoms with Gasteiger partial charge in [0, 0.05) is 41.2 Å². The van der Waals surface area contributed by atoms with Crippen LogP contribution in [0.5, 0.6) is 0 Å². The van der Waals surface area contributed by atoms with Gasteiger partial charge in [0.1, 0.15) is 23.3 Å². The standard InChI is InChI=1S/C36H30N6.C25H20N2.C6H9N3.C6H7N.2C2H6/c1-24-38-34(40-28-10-4-3-5-11-28)42-35(39-24)41-29-22-18-26(19-23-29)36(25-16-20-27(37-2)21-17-25)32-14-8-6-12-30(32)31-13-7-9-15-33(31)36;26-19-13-9-17(10-14-19)25(18-11-15-20(27)16-12-18)23-7-3-1-5-21(23)22-6-2-4-8-24(22)25;1-4-7-5(2)9-6(3)8-4;7-6-4-2-1-3-5-6;2*1-2/h3-23,37H,1-2H3,(H2,38,39,40,41,42);1-16H,26-27H2;1-3H3;1-5H,7H2;2*1-2H3. The van der Waals surface area contributed by atoms with E-state index in [9.17, 15) is 0 Å². The summed E-state index contributed by atoms with van der Waals surface area (Å²) in [6, 6.07) is 88.2. The summed E-state index contributed by atoms with van der Waals surface area (Å²) in [7, 11) is 1.95. The van der Waals surface area contributed by atoms with Crippen molar-refractivity contribution >= 4 is 46.0 Å². The van der Waals surface area contributed by atoms with E-state index >= 15 is 0 Å². The minimum atomic E-state index is -0.450. The third-order valence-corrected chi connectivity index (χ3v) is 15.3. The molecule has 0 fully saturated rings. The van der Waals surface area contributed by atoms with E-state index in [2.05, 4.69) is 216 Å². The Hall–Kier alpha value is -11.0. The van der Waals surface area contributed by atoms with Crippen molar-refractivity contribution in [3.05, 3.63) is 323 Å². The molecule has 89 heavy (non-hydrogen) atoms. The lowest BCUT2D eigenvalue weighted by molar-refractivity contribution is 0.769. The molecule has 0 radical (unpaired) electrons. The maximum Gasteiger partial charge on any atom is 0.232 e. The van der Waals surface area contributed by atoms with Crippen LogP contribution in [0.3, 0.4) is 0 Å². The van der Waals surface area contributed by atoms with Crippen LogP contribution in [0.2, 0.25) is 0 Å². The number of aryl methyl sites for hydroxylation is 4. The number of hydrogen-bond acceptors (Lipinski definition) is 12. The van der Waals surface area contributed by atoms with Crippen molar-refractivity contribution in [1.82, 2.24) is 29.9 Å². The van der Waals surface area contributed by atoms with E-state index < -0.39 is 5.41 Å². The molecule has 2 aromatic heterocycles. The Morgan fingerprint density at radius 2 is 0.528 bits per heavy atom. The van der Waals surface area contributed by atoms with E-state index in [1.807, 2.05) is 147 Å². The zero-order valence-corrected chi connectivity index (χ0v) is 52.2. The van der Waals surface area contributed by atoms with Crippen LogP contribution < -0.4 is 33.2 Å². The Bertz CT molecular complexity index is 4040. The molecule has 0 saturated carbocycles. The van der Waals surface area contributed by atoms with Crippen molar-refractivity contribution < 1.29 is 0 Å². The first-order valence-electron chi connectivity index (χ1n) is 30.2. The fourth-order valence-electron chi connectivity index (χ4n) is 11.8. The summed E-state index contributed by atoms with van der Waals surface area (Å²) >= 11 is 0. The Kier molecular flexibility index (Phi) is 20.3. The number of nitrogens with one attached hydrogen (secondary N) is 3. The maximum absolute atomic E-state index is 6.00. The molecule has 10 aromatic carbocycles. The number of anilines is 8. The van der Waals surface area contributed by atoms with Gasteiger partial charge in [0.15, 0.2) is 0 Å². The van der Waals surface area contributed by atoms with Crippen LogP contribution in [-0.2, 0) is 10.8 Å². The predicted octanol–water partition coefficient (Wildman–Crippen LogP) is 17.4. The van der Waals surface area contributed by atoms with Gasteiger partial charge in [-0.25, -0.2) is 15.0 Å². The summed E-state index contributed by atoms with van der Waals surface area (Å²) < 4.78 is 0. The molecule has 0 bridgehead atoms. The molecule has 0 saturated heterocycles. The zero-order valence-electron chi connectivity index (χ0n) is 52.2. The minimum absolute atomic E-state index is 0.380. The highest BCUT2D eigenvalue weighted by Gasteiger charge is 2.47. The number of nitrogen functional groups attached to an aromatic ring is 3. The van der Waals surface area contributed by atoms with E-state index in [0.29, 0.717) is 17.7 Å². The monoisotopic (exact) mass is 1170 g/mol. The molecular formula is C77H78N12. The molecule has 0 spiro atoms. The average Bonchev–Trinajstić information content (AvgIpc) is 1.58. The smallest absolute Gasteiger partial charge is 0.232 e. The van der Waals surface area contributed by atoms with E-state index in [-0.39, 0.29) is 5.41 Å². The molecule has 14 rings (SSSR count). The van der Waals surface area contributed by atoms with Gasteiger partial charge in [0.05, 0.1) is 10.8 Å². The van der Waals surface area contributed by atoms with E-state index in [4.69, 9.17) is 17.2 Å². The van der Waals surface area contributed by atoms with Crippen molar-refractivity contribution in [3.8, 4) is 22.3 Å². The quantitative estimate of drug-likeness (QED) is 0.0751. The van der Waals surface area contributed by atoms with Crippen LogP contribution in [-0.4, -0.2) is 37.0 Å². The van der Waals surface area contributed by atoms with Gasteiger partial charge in [-0.15, -0.1) is 0 Å². The summed E-state index contributed by atoms with van der Waals surface area (Å²) in [6.45, 7) is 15.5. The first kappa shape index (κ1) is 62.5. The molecule has 2 aliphatic rings. The molecule has 2 aliphatic carbocycles. The fraction of sp³-hybridized carbons (Fsp3) is 0.143. The van der Waals surface area contributed by atoms with Crippen LogP contribution in [0.4, 0.5) is 46.0 Å². The highest BCUT2D eigenvalue weighted by atomic mass is 15.2.